The third-order valence-corrected chi connectivity index (χ3v) is 2.46. The predicted octanol–water partition coefficient (Wildman–Crippen LogP) is 1.03. The summed E-state index contributed by atoms with van der Waals surface area (Å²) < 4.78 is 38.0. The van der Waals surface area contributed by atoms with Crippen LogP contribution in [0.3, 0.4) is 0 Å². The number of nitrogens with one attached hydrogen (secondary N) is 2. The molecule has 0 atom stereocenters. The molecule has 1 aromatic carbocycles. The van der Waals surface area contributed by atoms with Crippen molar-refractivity contribution in [3.8, 4) is 0 Å². The molecule has 0 heterocycles. The van der Waals surface area contributed by atoms with Crippen LogP contribution in [0.2, 0.25) is 0 Å². The summed E-state index contributed by atoms with van der Waals surface area (Å²) in [7, 11) is 0. The SMILES string of the molecule is Cc1ccc(NC(=O)CNC(=O)CN)cc1C(F)(F)F. The number of carbonyl (C=O) groups excluding carboxylic acids is 2. The molecule has 1 rings (SSSR count). The average Bonchev–Trinajstić information content (AvgIpc) is 2.37. The summed E-state index contributed by atoms with van der Waals surface area (Å²) in [4.78, 5) is 22.3. The molecule has 4 N–H and O–H groups in total. The third kappa shape index (κ3) is 4.54. The summed E-state index contributed by atoms with van der Waals surface area (Å²) in [5.74, 6) is -1.16. The highest BCUT2D eigenvalue weighted by atomic mass is 19.4. The predicted molar refractivity (Wildman–Crippen MR) is 66.9 cm³/mol. The Morgan fingerprint density at radius 1 is 1.25 bits per heavy atom. The van der Waals surface area contributed by atoms with Crippen LogP contribution < -0.4 is 16.4 Å². The van der Waals surface area contributed by atoms with E-state index in [1.165, 1.54) is 19.1 Å². The molecule has 110 valence electrons. The zero-order valence-corrected chi connectivity index (χ0v) is 10.7. The molecule has 0 aliphatic rings. The maximum absolute atomic E-state index is 12.7. The molecule has 20 heavy (non-hydrogen) atoms. The average molecular weight is 289 g/mol. The normalized spacial score (nSPS) is 11.1. The monoisotopic (exact) mass is 289 g/mol. The van der Waals surface area contributed by atoms with Crippen LogP contribution in [0.5, 0.6) is 0 Å². The molecule has 2 amide bonds. The molecule has 0 spiro atoms. The van der Waals surface area contributed by atoms with E-state index in [0.717, 1.165) is 6.07 Å². The van der Waals surface area contributed by atoms with E-state index in [-0.39, 0.29) is 24.3 Å². The van der Waals surface area contributed by atoms with E-state index in [1.807, 2.05) is 0 Å². The van der Waals surface area contributed by atoms with Crippen LogP contribution in [0.1, 0.15) is 11.1 Å². The van der Waals surface area contributed by atoms with Crippen molar-refractivity contribution in [3.63, 3.8) is 0 Å². The molecular weight excluding hydrogens is 275 g/mol. The summed E-state index contributed by atoms with van der Waals surface area (Å²) in [6.45, 7) is 0.706. The number of carbonyl (C=O) groups is 2. The summed E-state index contributed by atoms with van der Waals surface area (Å²) in [5.41, 5.74) is 4.28. The van der Waals surface area contributed by atoms with Crippen molar-refractivity contribution in [2.24, 2.45) is 5.73 Å². The van der Waals surface area contributed by atoms with E-state index in [2.05, 4.69) is 10.6 Å². The lowest BCUT2D eigenvalue weighted by molar-refractivity contribution is -0.138. The second kappa shape index (κ2) is 6.38. The highest BCUT2D eigenvalue weighted by molar-refractivity contribution is 5.94. The van der Waals surface area contributed by atoms with E-state index < -0.39 is 23.6 Å². The number of rotatable bonds is 4. The smallest absolute Gasteiger partial charge is 0.346 e. The molecule has 0 aromatic heterocycles. The van der Waals surface area contributed by atoms with Crippen LogP contribution >= 0.6 is 0 Å². The van der Waals surface area contributed by atoms with Gasteiger partial charge in [-0.1, -0.05) is 6.07 Å². The number of alkyl halides is 3. The zero-order chi connectivity index (χ0) is 15.3. The molecule has 0 bridgehead atoms. The molecule has 0 saturated carbocycles. The fourth-order valence-electron chi connectivity index (χ4n) is 1.46. The van der Waals surface area contributed by atoms with Gasteiger partial charge in [-0.3, -0.25) is 9.59 Å². The minimum Gasteiger partial charge on any atom is -0.346 e. The first kappa shape index (κ1) is 16.0. The Balaban J connectivity index is 2.74. The van der Waals surface area contributed by atoms with Crippen LogP contribution in [0.4, 0.5) is 18.9 Å². The Morgan fingerprint density at radius 3 is 2.45 bits per heavy atom. The van der Waals surface area contributed by atoms with Crippen molar-refractivity contribution < 1.29 is 22.8 Å². The van der Waals surface area contributed by atoms with Gasteiger partial charge in [0.15, 0.2) is 0 Å². The zero-order valence-electron chi connectivity index (χ0n) is 10.7. The van der Waals surface area contributed by atoms with Gasteiger partial charge in [-0.2, -0.15) is 13.2 Å². The van der Waals surface area contributed by atoms with Crippen molar-refractivity contribution in [1.29, 1.82) is 0 Å². The lowest BCUT2D eigenvalue weighted by Crippen LogP contribution is -2.36. The van der Waals surface area contributed by atoms with Gasteiger partial charge in [0.1, 0.15) is 0 Å². The lowest BCUT2D eigenvalue weighted by Gasteiger charge is -2.13. The fourth-order valence-corrected chi connectivity index (χ4v) is 1.46. The number of amides is 2. The van der Waals surface area contributed by atoms with Gasteiger partial charge in [0, 0.05) is 5.69 Å². The molecule has 0 aliphatic heterocycles. The largest absolute Gasteiger partial charge is 0.416 e. The summed E-state index contributed by atoms with van der Waals surface area (Å²) in [5, 5.41) is 4.48. The van der Waals surface area contributed by atoms with E-state index in [1.54, 1.807) is 0 Å². The van der Waals surface area contributed by atoms with Gasteiger partial charge in [-0.15, -0.1) is 0 Å². The molecule has 0 fully saturated rings. The Kier molecular flexibility index (Phi) is 5.09. The fraction of sp³-hybridized carbons (Fsp3) is 0.333. The molecule has 0 saturated heterocycles. The number of nitrogens with two attached hydrogens (primary N) is 1. The number of halogens is 3. The van der Waals surface area contributed by atoms with Gasteiger partial charge in [0.25, 0.3) is 0 Å². The first-order valence-electron chi connectivity index (χ1n) is 5.68. The summed E-state index contributed by atoms with van der Waals surface area (Å²) in [6, 6.07) is 3.46. The van der Waals surface area contributed by atoms with Crippen LogP contribution in [0.15, 0.2) is 18.2 Å². The van der Waals surface area contributed by atoms with Crippen LogP contribution in [-0.4, -0.2) is 24.9 Å². The van der Waals surface area contributed by atoms with Crippen molar-refractivity contribution in [1.82, 2.24) is 5.32 Å². The molecule has 0 unspecified atom stereocenters. The molecule has 0 radical (unpaired) electrons. The third-order valence-electron chi connectivity index (χ3n) is 2.46. The molecule has 1 aromatic rings. The highest BCUT2D eigenvalue weighted by Crippen LogP contribution is 2.33. The van der Waals surface area contributed by atoms with Crippen molar-refractivity contribution in [2.45, 2.75) is 13.1 Å². The molecule has 8 heteroatoms. The van der Waals surface area contributed by atoms with E-state index >= 15 is 0 Å². The van der Waals surface area contributed by atoms with Crippen molar-refractivity contribution in [3.05, 3.63) is 29.3 Å². The summed E-state index contributed by atoms with van der Waals surface area (Å²) in [6.07, 6.45) is -4.49. The maximum atomic E-state index is 12.7. The minimum atomic E-state index is -4.49. The standard InChI is InChI=1S/C12H14F3N3O2/c1-7-2-3-8(4-9(7)12(13,14)15)18-11(20)6-17-10(19)5-16/h2-4H,5-6,16H2,1H3,(H,17,19)(H,18,20). The maximum Gasteiger partial charge on any atom is 0.416 e. The number of aryl methyl sites for hydroxylation is 1. The minimum absolute atomic E-state index is 0.00919. The number of hydrogen-bond donors (Lipinski definition) is 3. The van der Waals surface area contributed by atoms with Gasteiger partial charge < -0.3 is 16.4 Å². The first-order chi connectivity index (χ1) is 9.24. The topological polar surface area (TPSA) is 84.2 Å². The number of hydrogen-bond acceptors (Lipinski definition) is 3. The van der Waals surface area contributed by atoms with E-state index in [4.69, 9.17) is 5.73 Å². The number of anilines is 1. The quantitative estimate of drug-likeness (QED) is 0.774. The Labute approximate surface area is 113 Å². The second-order valence-electron chi connectivity index (χ2n) is 4.06. The number of benzene rings is 1. The molecule has 0 aliphatic carbocycles. The van der Waals surface area contributed by atoms with Crippen LogP contribution in [0.25, 0.3) is 0 Å². The Bertz CT molecular complexity index is 515. The van der Waals surface area contributed by atoms with Crippen molar-refractivity contribution in [2.75, 3.05) is 18.4 Å². The lowest BCUT2D eigenvalue weighted by atomic mass is 10.1. The Morgan fingerprint density at radius 2 is 1.90 bits per heavy atom. The van der Waals surface area contributed by atoms with E-state index in [9.17, 15) is 22.8 Å². The molecular formula is C12H14F3N3O2. The Hall–Kier alpha value is -2.09. The second-order valence-corrected chi connectivity index (χ2v) is 4.06. The van der Waals surface area contributed by atoms with Gasteiger partial charge in [-0.25, -0.2) is 0 Å². The van der Waals surface area contributed by atoms with Crippen LogP contribution in [0, 0.1) is 6.92 Å². The molecule has 5 nitrogen and oxygen atoms in total. The van der Waals surface area contributed by atoms with Crippen LogP contribution in [-0.2, 0) is 15.8 Å². The van der Waals surface area contributed by atoms with Gasteiger partial charge in [0.05, 0.1) is 18.7 Å². The summed E-state index contributed by atoms with van der Waals surface area (Å²) >= 11 is 0. The first-order valence-corrected chi connectivity index (χ1v) is 5.68. The van der Waals surface area contributed by atoms with Gasteiger partial charge in [0.2, 0.25) is 11.8 Å². The highest BCUT2D eigenvalue weighted by Gasteiger charge is 2.32. The van der Waals surface area contributed by atoms with E-state index in [0.29, 0.717) is 0 Å². The van der Waals surface area contributed by atoms with Crippen molar-refractivity contribution >= 4 is 17.5 Å². The van der Waals surface area contributed by atoms with Gasteiger partial charge in [-0.05, 0) is 24.6 Å². The van der Waals surface area contributed by atoms with Gasteiger partial charge >= 0.3 is 6.18 Å².